The molecule has 1 aromatic carbocycles. The van der Waals surface area contributed by atoms with Gasteiger partial charge in [0, 0.05) is 17.0 Å². The fourth-order valence-electron chi connectivity index (χ4n) is 5.93. The second kappa shape index (κ2) is 6.83. The molecule has 7 heteroatoms. The lowest BCUT2D eigenvalue weighted by molar-refractivity contribution is -0.138. The summed E-state index contributed by atoms with van der Waals surface area (Å²) in [5.41, 5.74) is 0.138. The van der Waals surface area contributed by atoms with Crippen molar-refractivity contribution in [2.75, 3.05) is 26.6 Å². The van der Waals surface area contributed by atoms with Gasteiger partial charge in [-0.05, 0) is 50.4 Å². The Balaban J connectivity index is 1.67. The molecule has 0 radical (unpaired) electrons. The highest BCUT2D eigenvalue weighted by molar-refractivity contribution is 6.24. The Bertz CT molecular complexity index is 809. The SMILES string of the molecule is COC(=O)c1cc(OC)c(OC)cc1NC(=O)C12C[C@H]3C[C@@H](CC(Cl)(C3)C1)C2. The minimum atomic E-state index is -0.546. The zero-order valence-corrected chi connectivity index (χ0v) is 17.2. The maximum atomic E-state index is 13.4. The molecule has 0 aliphatic heterocycles. The molecule has 6 nitrogen and oxygen atoms in total. The summed E-state index contributed by atoms with van der Waals surface area (Å²) < 4.78 is 15.5. The van der Waals surface area contributed by atoms with Gasteiger partial charge < -0.3 is 19.5 Å². The molecule has 28 heavy (non-hydrogen) atoms. The molecule has 152 valence electrons. The van der Waals surface area contributed by atoms with Gasteiger partial charge in [0.1, 0.15) is 0 Å². The van der Waals surface area contributed by atoms with E-state index in [4.69, 9.17) is 25.8 Å². The van der Waals surface area contributed by atoms with Gasteiger partial charge in [0.15, 0.2) is 11.5 Å². The van der Waals surface area contributed by atoms with E-state index in [-0.39, 0.29) is 16.3 Å². The molecule has 5 rings (SSSR count). The van der Waals surface area contributed by atoms with Gasteiger partial charge in [0.25, 0.3) is 0 Å². The molecule has 0 aromatic heterocycles. The first-order valence-corrected chi connectivity index (χ1v) is 10.0. The smallest absolute Gasteiger partial charge is 0.340 e. The van der Waals surface area contributed by atoms with E-state index in [2.05, 4.69) is 5.32 Å². The number of hydrogen-bond acceptors (Lipinski definition) is 5. The summed E-state index contributed by atoms with van der Waals surface area (Å²) in [5.74, 6) is 1.24. The maximum absolute atomic E-state index is 13.4. The lowest BCUT2D eigenvalue weighted by atomic mass is 9.49. The van der Waals surface area contributed by atoms with Crippen molar-refractivity contribution < 1.29 is 23.8 Å². The Kier molecular flexibility index (Phi) is 4.73. The number of nitrogens with one attached hydrogen (secondary N) is 1. The molecule has 1 aromatic rings. The second-order valence-corrected chi connectivity index (χ2v) is 9.39. The van der Waals surface area contributed by atoms with Crippen LogP contribution in [0, 0.1) is 17.3 Å². The Labute approximate surface area is 169 Å². The van der Waals surface area contributed by atoms with Crippen LogP contribution < -0.4 is 14.8 Å². The lowest BCUT2D eigenvalue weighted by Crippen LogP contribution is -2.57. The third-order valence-electron chi connectivity index (χ3n) is 6.65. The second-order valence-electron chi connectivity index (χ2n) is 8.59. The van der Waals surface area contributed by atoms with Crippen LogP contribution in [0.5, 0.6) is 11.5 Å². The topological polar surface area (TPSA) is 73.9 Å². The van der Waals surface area contributed by atoms with Crippen LogP contribution in [0.15, 0.2) is 12.1 Å². The van der Waals surface area contributed by atoms with Crippen molar-refractivity contribution in [3.63, 3.8) is 0 Å². The Morgan fingerprint density at radius 1 is 1.04 bits per heavy atom. The van der Waals surface area contributed by atoms with E-state index in [0.29, 0.717) is 35.4 Å². The lowest BCUT2D eigenvalue weighted by Gasteiger charge is -2.59. The van der Waals surface area contributed by atoms with Gasteiger partial charge in [-0.2, -0.15) is 0 Å². The van der Waals surface area contributed by atoms with Crippen molar-refractivity contribution in [3.05, 3.63) is 17.7 Å². The molecule has 0 saturated heterocycles. The summed E-state index contributed by atoms with van der Waals surface area (Å²) in [6.45, 7) is 0. The van der Waals surface area contributed by atoms with Crippen molar-refractivity contribution in [2.45, 2.75) is 43.4 Å². The summed E-state index contributed by atoms with van der Waals surface area (Å²) >= 11 is 6.87. The van der Waals surface area contributed by atoms with Crippen LogP contribution >= 0.6 is 11.6 Å². The van der Waals surface area contributed by atoms with E-state index < -0.39 is 11.4 Å². The van der Waals surface area contributed by atoms with Gasteiger partial charge in [-0.1, -0.05) is 0 Å². The number of rotatable bonds is 5. The van der Waals surface area contributed by atoms with Crippen molar-refractivity contribution in [2.24, 2.45) is 17.3 Å². The number of amides is 1. The van der Waals surface area contributed by atoms with E-state index in [0.717, 1.165) is 25.7 Å². The van der Waals surface area contributed by atoms with Crippen molar-refractivity contribution >= 4 is 29.2 Å². The predicted molar refractivity (Wildman–Crippen MR) is 105 cm³/mol. The van der Waals surface area contributed by atoms with E-state index in [1.54, 1.807) is 6.07 Å². The van der Waals surface area contributed by atoms with Crippen LogP contribution in [-0.2, 0) is 9.53 Å². The van der Waals surface area contributed by atoms with Crippen molar-refractivity contribution in [3.8, 4) is 11.5 Å². The standard InChI is InChI=1S/C21H26ClNO5/c1-26-16-5-14(18(24)28-3)15(6-17(16)27-2)23-19(25)20-7-12-4-13(8-20)10-21(22,9-12)11-20/h5-6,12-13H,4,7-11H2,1-3H3,(H,23,25)/t12-,13-,20?,21?/m1/s1. The summed E-state index contributed by atoms with van der Waals surface area (Å²) in [5, 5.41) is 2.99. The molecule has 4 aliphatic rings. The summed E-state index contributed by atoms with van der Waals surface area (Å²) in [6.07, 6.45) is 5.61. The quantitative estimate of drug-likeness (QED) is 0.589. The number of alkyl halides is 1. The summed E-state index contributed by atoms with van der Waals surface area (Å²) in [6, 6.07) is 3.14. The van der Waals surface area contributed by atoms with Gasteiger partial charge in [-0.3, -0.25) is 4.79 Å². The third kappa shape index (κ3) is 3.11. The van der Waals surface area contributed by atoms with E-state index in [1.807, 2.05) is 0 Å². The van der Waals surface area contributed by atoms with E-state index in [1.165, 1.54) is 33.8 Å². The van der Waals surface area contributed by atoms with Gasteiger partial charge in [-0.25, -0.2) is 4.79 Å². The van der Waals surface area contributed by atoms with Crippen LogP contribution in [0.25, 0.3) is 0 Å². The van der Waals surface area contributed by atoms with E-state index in [9.17, 15) is 9.59 Å². The number of anilines is 1. The fraction of sp³-hybridized carbons (Fsp3) is 0.619. The number of benzene rings is 1. The van der Waals surface area contributed by atoms with Crippen LogP contribution in [0.4, 0.5) is 5.69 Å². The molecule has 4 bridgehead atoms. The maximum Gasteiger partial charge on any atom is 0.340 e. The number of hydrogen-bond donors (Lipinski definition) is 1. The number of methoxy groups -OCH3 is 3. The molecule has 2 atom stereocenters. The molecular weight excluding hydrogens is 382 g/mol. The first-order chi connectivity index (χ1) is 13.3. The highest BCUT2D eigenvalue weighted by Gasteiger charge is 2.60. The van der Waals surface area contributed by atoms with E-state index >= 15 is 0 Å². The fourth-order valence-corrected chi connectivity index (χ4v) is 6.62. The van der Waals surface area contributed by atoms with Gasteiger partial charge in [0.05, 0.1) is 38.0 Å². The van der Waals surface area contributed by atoms with Crippen molar-refractivity contribution in [1.29, 1.82) is 0 Å². The third-order valence-corrected chi connectivity index (χ3v) is 7.09. The first kappa shape index (κ1) is 19.4. The molecule has 0 spiro atoms. The number of carbonyl (C=O) groups is 2. The van der Waals surface area contributed by atoms with Crippen LogP contribution in [-0.4, -0.2) is 38.1 Å². The molecule has 4 aliphatic carbocycles. The molecule has 4 saturated carbocycles. The highest BCUT2D eigenvalue weighted by Crippen LogP contribution is 2.64. The summed E-state index contributed by atoms with van der Waals surface area (Å²) in [7, 11) is 4.31. The largest absolute Gasteiger partial charge is 0.493 e. The summed E-state index contributed by atoms with van der Waals surface area (Å²) in [4.78, 5) is 25.5. The van der Waals surface area contributed by atoms with Gasteiger partial charge >= 0.3 is 5.97 Å². The minimum absolute atomic E-state index is 0.0657. The Morgan fingerprint density at radius 2 is 1.64 bits per heavy atom. The number of esters is 1. The predicted octanol–water partition coefficient (Wildman–Crippen LogP) is 4.01. The van der Waals surface area contributed by atoms with Crippen LogP contribution in [0.2, 0.25) is 0 Å². The average Bonchev–Trinajstić information content (AvgIpc) is 2.65. The van der Waals surface area contributed by atoms with Crippen molar-refractivity contribution in [1.82, 2.24) is 0 Å². The molecule has 1 amide bonds. The highest BCUT2D eigenvalue weighted by atomic mass is 35.5. The first-order valence-electron chi connectivity index (χ1n) is 9.66. The normalized spacial score (nSPS) is 32.7. The monoisotopic (exact) mass is 407 g/mol. The molecular formula is C21H26ClNO5. The van der Waals surface area contributed by atoms with Crippen LogP contribution in [0.3, 0.4) is 0 Å². The zero-order chi connectivity index (χ0) is 20.1. The minimum Gasteiger partial charge on any atom is -0.493 e. The molecule has 0 heterocycles. The molecule has 0 unspecified atom stereocenters. The van der Waals surface area contributed by atoms with Crippen LogP contribution in [0.1, 0.15) is 48.9 Å². The van der Waals surface area contributed by atoms with Gasteiger partial charge in [0.2, 0.25) is 5.91 Å². The number of carbonyl (C=O) groups excluding carboxylic acids is 2. The average molecular weight is 408 g/mol. The molecule has 4 fully saturated rings. The molecule has 1 N–H and O–H groups in total. The van der Waals surface area contributed by atoms with Gasteiger partial charge in [-0.15, -0.1) is 11.6 Å². The zero-order valence-electron chi connectivity index (χ0n) is 16.5. The Hall–Kier alpha value is -1.95. The Morgan fingerprint density at radius 3 is 2.18 bits per heavy atom. The number of halogens is 1. The number of ether oxygens (including phenoxy) is 3.